The molecular weight excluding hydrogens is 187 g/mol. The molecule has 0 spiro atoms. The van der Waals surface area contributed by atoms with Gasteiger partial charge in [0.15, 0.2) is 0 Å². The number of nitrogen functional groups attached to an aromatic ring is 1. The lowest BCUT2D eigenvalue weighted by Gasteiger charge is -1.99. The molecule has 0 bridgehead atoms. The van der Waals surface area contributed by atoms with Gasteiger partial charge in [-0.2, -0.15) is 0 Å². The molecule has 0 heterocycles. The Morgan fingerprint density at radius 1 is 1.27 bits per heavy atom. The SMILES string of the molecule is Cl.NNc1ccccc1Cl.O. The van der Waals surface area contributed by atoms with Crippen LogP contribution in [0.15, 0.2) is 24.3 Å². The summed E-state index contributed by atoms with van der Waals surface area (Å²) in [5.41, 5.74) is 3.21. The maximum atomic E-state index is 5.68. The second-order valence-electron chi connectivity index (χ2n) is 1.62. The second kappa shape index (κ2) is 6.24. The van der Waals surface area contributed by atoms with E-state index < -0.39 is 0 Å². The monoisotopic (exact) mass is 196 g/mol. The summed E-state index contributed by atoms with van der Waals surface area (Å²) in [6, 6.07) is 7.29. The van der Waals surface area contributed by atoms with Crippen LogP contribution >= 0.6 is 24.0 Å². The fourth-order valence-electron chi connectivity index (χ4n) is 0.578. The van der Waals surface area contributed by atoms with Gasteiger partial charge in [0, 0.05) is 0 Å². The van der Waals surface area contributed by atoms with E-state index in [1.807, 2.05) is 18.2 Å². The molecular formula is C6H10Cl2N2O. The summed E-state index contributed by atoms with van der Waals surface area (Å²) in [6.07, 6.45) is 0. The van der Waals surface area contributed by atoms with Crippen LogP contribution in [0.2, 0.25) is 5.02 Å². The first kappa shape index (κ1) is 13.1. The molecule has 0 fully saturated rings. The molecule has 3 nitrogen and oxygen atoms in total. The van der Waals surface area contributed by atoms with Gasteiger partial charge in [-0.05, 0) is 12.1 Å². The molecule has 0 aromatic heterocycles. The summed E-state index contributed by atoms with van der Waals surface area (Å²) in [6.45, 7) is 0. The molecule has 0 aliphatic carbocycles. The highest BCUT2D eigenvalue weighted by molar-refractivity contribution is 6.33. The van der Waals surface area contributed by atoms with Crippen molar-refractivity contribution in [2.45, 2.75) is 0 Å². The molecule has 1 aromatic carbocycles. The summed E-state index contributed by atoms with van der Waals surface area (Å²) in [5.74, 6) is 5.12. The van der Waals surface area contributed by atoms with E-state index in [9.17, 15) is 0 Å². The minimum Gasteiger partial charge on any atom is -0.412 e. The summed E-state index contributed by atoms with van der Waals surface area (Å²) < 4.78 is 0. The van der Waals surface area contributed by atoms with E-state index in [-0.39, 0.29) is 17.9 Å². The third kappa shape index (κ3) is 3.43. The average Bonchev–Trinajstić information content (AvgIpc) is 1.89. The highest BCUT2D eigenvalue weighted by Crippen LogP contribution is 2.18. The van der Waals surface area contributed by atoms with Crippen molar-refractivity contribution in [3.8, 4) is 0 Å². The van der Waals surface area contributed by atoms with Gasteiger partial charge in [0.25, 0.3) is 0 Å². The first-order chi connectivity index (χ1) is 4.34. The summed E-state index contributed by atoms with van der Waals surface area (Å²) in [4.78, 5) is 0. The van der Waals surface area contributed by atoms with E-state index in [4.69, 9.17) is 17.4 Å². The van der Waals surface area contributed by atoms with Gasteiger partial charge in [-0.3, -0.25) is 5.84 Å². The van der Waals surface area contributed by atoms with Gasteiger partial charge in [-0.25, -0.2) is 0 Å². The van der Waals surface area contributed by atoms with Crippen LogP contribution in [-0.2, 0) is 0 Å². The van der Waals surface area contributed by atoms with E-state index in [2.05, 4.69) is 5.43 Å². The van der Waals surface area contributed by atoms with Gasteiger partial charge in [0.2, 0.25) is 0 Å². The Balaban J connectivity index is 0. The van der Waals surface area contributed by atoms with Crippen LogP contribution < -0.4 is 11.3 Å². The predicted octanol–water partition coefficient (Wildman–Crippen LogP) is 1.22. The van der Waals surface area contributed by atoms with Crippen molar-refractivity contribution < 1.29 is 5.48 Å². The molecule has 11 heavy (non-hydrogen) atoms. The van der Waals surface area contributed by atoms with Crippen LogP contribution in [0, 0.1) is 0 Å². The van der Waals surface area contributed by atoms with Crippen LogP contribution in [-0.4, -0.2) is 5.48 Å². The van der Waals surface area contributed by atoms with Gasteiger partial charge >= 0.3 is 0 Å². The van der Waals surface area contributed by atoms with E-state index in [0.717, 1.165) is 5.69 Å². The lowest BCUT2D eigenvalue weighted by atomic mass is 10.3. The van der Waals surface area contributed by atoms with Gasteiger partial charge < -0.3 is 10.9 Å². The molecule has 1 rings (SSSR count). The highest BCUT2D eigenvalue weighted by Gasteiger charge is 1.91. The number of hydrogen-bond donors (Lipinski definition) is 2. The Hall–Kier alpha value is -0.480. The van der Waals surface area contributed by atoms with Crippen molar-refractivity contribution in [2.75, 3.05) is 5.43 Å². The van der Waals surface area contributed by atoms with E-state index >= 15 is 0 Å². The topological polar surface area (TPSA) is 69.5 Å². The maximum Gasteiger partial charge on any atom is 0.0671 e. The molecule has 0 aliphatic rings. The number of halogens is 2. The van der Waals surface area contributed by atoms with Crippen LogP contribution in [0.4, 0.5) is 5.69 Å². The van der Waals surface area contributed by atoms with E-state index in [0.29, 0.717) is 5.02 Å². The molecule has 0 radical (unpaired) electrons. The Morgan fingerprint density at radius 3 is 2.18 bits per heavy atom. The second-order valence-corrected chi connectivity index (χ2v) is 2.03. The fourth-order valence-corrected chi connectivity index (χ4v) is 0.769. The molecule has 0 amide bonds. The molecule has 1 aromatic rings. The molecule has 0 unspecified atom stereocenters. The largest absolute Gasteiger partial charge is 0.412 e. The van der Waals surface area contributed by atoms with Crippen molar-refractivity contribution in [2.24, 2.45) is 5.84 Å². The first-order valence-corrected chi connectivity index (χ1v) is 2.93. The lowest BCUT2D eigenvalue weighted by molar-refractivity contribution is 0.824. The Kier molecular flexibility index (Phi) is 7.46. The minimum absolute atomic E-state index is 0. The van der Waals surface area contributed by atoms with Gasteiger partial charge in [-0.15, -0.1) is 12.4 Å². The van der Waals surface area contributed by atoms with Crippen molar-refractivity contribution in [1.29, 1.82) is 0 Å². The number of para-hydroxylation sites is 1. The average molecular weight is 197 g/mol. The highest BCUT2D eigenvalue weighted by atomic mass is 35.5. The Labute approximate surface area is 76.2 Å². The predicted molar refractivity (Wildman–Crippen MR) is 50.1 cm³/mol. The van der Waals surface area contributed by atoms with Crippen LogP contribution in [0.1, 0.15) is 0 Å². The molecule has 0 aliphatic heterocycles. The van der Waals surface area contributed by atoms with Gasteiger partial charge in [-0.1, -0.05) is 23.7 Å². The quantitative estimate of drug-likeness (QED) is 0.524. The summed E-state index contributed by atoms with van der Waals surface area (Å²) in [7, 11) is 0. The van der Waals surface area contributed by atoms with E-state index in [1.54, 1.807) is 6.07 Å². The number of benzene rings is 1. The summed E-state index contributed by atoms with van der Waals surface area (Å²) >= 11 is 5.68. The number of nitrogens with two attached hydrogens (primary N) is 1. The van der Waals surface area contributed by atoms with Crippen LogP contribution in [0.3, 0.4) is 0 Å². The van der Waals surface area contributed by atoms with Crippen LogP contribution in [0.5, 0.6) is 0 Å². The third-order valence-electron chi connectivity index (χ3n) is 1.03. The third-order valence-corrected chi connectivity index (χ3v) is 1.36. The minimum atomic E-state index is 0. The van der Waals surface area contributed by atoms with Crippen molar-refractivity contribution in [1.82, 2.24) is 0 Å². The molecule has 64 valence electrons. The fraction of sp³-hybridized carbons (Fsp3) is 0. The number of rotatable bonds is 1. The molecule has 5 heteroatoms. The molecule has 0 saturated heterocycles. The Morgan fingerprint density at radius 2 is 1.82 bits per heavy atom. The van der Waals surface area contributed by atoms with Crippen LogP contribution in [0.25, 0.3) is 0 Å². The van der Waals surface area contributed by atoms with Gasteiger partial charge in [0.1, 0.15) is 0 Å². The van der Waals surface area contributed by atoms with Crippen molar-refractivity contribution >= 4 is 29.7 Å². The number of nitrogens with one attached hydrogen (secondary N) is 1. The zero-order chi connectivity index (χ0) is 6.69. The standard InChI is InChI=1S/C6H7ClN2.ClH.H2O/c7-5-3-1-2-4-6(5)9-8;;/h1-4,9H,8H2;1H;1H2. The smallest absolute Gasteiger partial charge is 0.0671 e. The molecule has 5 N–H and O–H groups in total. The lowest BCUT2D eigenvalue weighted by Crippen LogP contribution is -2.06. The summed E-state index contributed by atoms with van der Waals surface area (Å²) in [5, 5.41) is 0.639. The van der Waals surface area contributed by atoms with E-state index in [1.165, 1.54) is 0 Å². The van der Waals surface area contributed by atoms with Gasteiger partial charge in [0.05, 0.1) is 10.7 Å². The van der Waals surface area contributed by atoms with Crippen molar-refractivity contribution in [3.05, 3.63) is 29.3 Å². The Bertz CT molecular complexity index is 208. The zero-order valence-corrected chi connectivity index (χ0v) is 7.25. The number of hydrogen-bond acceptors (Lipinski definition) is 2. The zero-order valence-electron chi connectivity index (χ0n) is 5.67. The number of anilines is 1. The number of hydrazine groups is 1. The molecule has 0 saturated carbocycles. The van der Waals surface area contributed by atoms with Crippen molar-refractivity contribution in [3.63, 3.8) is 0 Å². The first-order valence-electron chi connectivity index (χ1n) is 2.56. The maximum absolute atomic E-state index is 5.68. The molecule has 0 atom stereocenters. The normalized spacial score (nSPS) is 7.45.